The van der Waals surface area contributed by atoms with Crippen molar-refractivity contribution in [3.63, 3.8) is 0 Å². The van der Waals surface area contributed by atoms with E-state index >= 15 is 0 Å². The molecular weight excluding hydrogens is 609 g/mol. The average molecular weight is 692 g/mol. The summed E-state index contributed by atoms with van der Waals surface area (Å²) < 4.78 is 34.7. The van der Waals surface area contributed by atoms with E-state index in [0.29, 0.717) is 19.8 Å². The van der Waals surface area contributed by atoms with Crippen molar-refractivity contribution in [3.8, 4) is 0 Å². The molecule has 0 aromatic heterocycles. The minimum atomic E-state index is -4.21. The van der Waals surface area contributed by atoms with E-state index in [1.807, 2.05) is 0 Å². The third-order valence-electron chi connectivity index (χ3n) is 8.82. The van der Waals surface area contributed by atoms with E-state index in [-0.39, 0.29) is 13.2 Å². The first-order valence-corrected chi connectivity index (χ1v) is 21.8. The zero-order valence-electron chi connectivity index (χ0n) is 31.9. The summed E-state index contributed by atoms with van der Waals surface area (Å²) in [6, 6.07) is 0. The summed E-state index contributed by atoms with van der Waals surface area (Å²) in [5.74, 6) is 0. The largest absolute Gasteiger partial charge is 0.472 e. The van der Waals surface area contributed by atoms with Crippen molar-refractivity contribution in [3.05, 3.63) is 0 Å². The molecule has 0 spiro atoms. The Hall–Kier alpha value is -0.0100. The van der Waals surface area contributed by atoms with Gasteiger partial charge in [0.05, 0.1) is 19.8 Å². The minimum absolute atomic E-state index is 0.0455. The molecule has 0 rings (SSSR count). The van der Waals surface area contributed by atoms with E-state index in [1.54, 1.807) is 13.8 Å². The van der Waals surface area contributed by atoms with Gasteiger partial charge in [0.1, 0.15) is 6.10 Å². The lowest BCUT2D eigenvalue weighted by Crippen LogP contribution is -2.37. The summed E-state index contributed by atoms with van der Waals surface area (Å²) in [6.45, 7) is 9.53. The number of hydrogen-bond acceptors (Lipinski definition) is 6. The van der Waals surface area contributed by atoms with Crippen LogP contribution in [0.4, 0.5) is 0 Å². The first kappa shape index (κ1) is 47.0. The van der Waals surface area contributed by atoms with Gasteiger partial charge in [-0.05, 0) is 26.7 Å². The standard InChI is InChI=1S/C39H82NO6P/c1-5-7-9-11-13-15-17-19-21-23-25-27-29-31-33-43-35-38(36-45-47(41,42)46-37-39(3,4)40)44-34-32-30-28-26-24-22-20-18-16-14-12-10-8-6-2/h38H,5-37,40H2,1-4H3,(H,41,42)/t38-/m1/s1. The van der Waals surface area contributed by atoms with E-state index in [9.17, 15) is 9.46 Å². The number of rotatable bonds is 39. The van der Waals surface area contributed by atoms with E-state index in [1.165, 1.54) is 161 Å². The maximum atomic E-state index is 12.4. The number of ether oxygens (including phenoxy) is 2. The van der Waals surface area contributed by atoms with Crippen LogP contribution in [0.25, 0.3) is 0 Å². The summed E-state index contributed by atoms with van der Waals surface area (Å²) in [5, 5.41) is 0. The summed E-state index contributed by atoms with van der Waals surface area (Å²) >= 11 is 0. The van der Waals surface area contributed by atoms with Crippen LogP contribution < -0.4 is 5.73 Å². The molecule has 0 amide bonds. The van der Waals surface area contributed by atoms with Gasteiger partial charge in [-0.1, -0.05) is 181 Å². The van der Waals surface area contributed by atoms with Crippen molar-refractivity contribution < 1.29 is 28.0 Å². The molecule has 284 valence electrons. The molecular formula is C39H82NO6P. The number of phosphoric acid groups is 1. The molecule has 1 unspecified atom stereocenters. The average Bonchev–Trinajstić information content (AvgIpc) is 3.03. The van der Waals surface area contributed by atoms with Crippen LogP contribution in [0.5, 0.6) is 0 Å². The Balaban J connectivity index is 4.04. The Morgan fingerprint density at radius 2 is 0.872 bits per heavy atom. The molecule has 0 aliphatic carbocycles. The van der Waals surface area contributed by atoms with Crippen molar-refractivity contribution in [2.75, 3.05) is 33.0 Å². The fourth-order valence-electron chi connectivity index (χ4n) is 5.77. The van der Waals surface area contributed by atoms with Crippen LogP contribution in [0.1, 0.15) is 207 Å². The second kappa shape index (κ2) is 34.4. The third-order valence-corrected chi connectivity index (χ3v) is 9.75. The molecule has 3 N–H and O–H groups in total. The van der Waals surface area contributed by atoms with Crippen molar-refractivity contribution in [1.29, 1.82) is 0 Å². The van der Waals surface area contributed by atoms with Gasteiger partial charge in [-0.25, -0.2) is 4.57 Å². The van der Waals surface area contributed by atoms with Crippen molar-refractivity contribution in [2.45, 2.75) is 219 Å². The van der Waals surface area contributed by atoms with Gasteiger partial charge in [-0.15, -0.1) is 0 Å². The summed E-state index contributed by atoms with van der Waals surface area (Å²) in [7, 11) is -4.21. The number of phosphoric ester groups is 1. The maximum absolute atomic E-state index is 12.4. The van der Waals surface area contributed by atoms with Gasteiger partial charge in [0.2, 0.25) is 0 Å². The molecule has 8 heteroatoms. The van der Waals surface area contributed by atoms with Gasteiger partial charge < -0.3 is 20.1 Å². The van der Waals surface area contributed by atoms with Crippen LogP contribution in [-0.2, 0) is 23.1 Å². The first-order chi connectivity index (χ1) is 22.7. The van der Waals surface area contributed by atoms with Crippen LogP contribution in [0, 0.1) is 0 Å². The number of nitrogens with two attached hydrogens (primary N) is 1. The van der Waals surface area contributed by atoms with Gasteiger partial charge in [-0.3, -0.25) is 9.05 Å². The van der Waals surface area contributed by atoms with Gasteiger partial charge in [0.15, 0.2) is 0 Å². The van der Waals surface area contributed by atoms with Gasteiger partial charge in [-0.2, -0.15) is 0 Å². The molecule has 0 bridgehead atoms. The Bertz CT molecular complexity index is 674. The van der Waals surface area contributed by atoms with Crippen molar-refractivity contribution >= 4 is 7.82 Å². The Morgan fingerprint density at radius 3 is 1.23 bits per heavy atom. The lowest BCUT2D eigenvalue weighted by Gasteiger charge is -2.22. The molecule has 0 aromatic rings. The SMILES string of the molecule is CCCCCCCCCCCCCCCCOC[C@H](COP(=O)(O)OCC(C)(C)N)OCCCCCCCCCCCCCCCC. The normalized spacial score (nSPS) is 14.1. The highest BCUT2D eigenvalue weighted by atomic mass is 31.2. The molecule has 0 aliphatic heterocycles. The van der Waals surface area contributed by atoms with Crippen LogP contribution in [-0.4, -0.2) is 49.6 Å². The van der Waals surface area contributed by atoms with Gasteiger partial charge in [0, 0.05) is 18.8 Å². The molecule has 0 saturated heterocycles. The zero-order valence-corrected chi connectivity index (χ0v) is 32.8. The second-order valence-corrected chi connectivity index (χ2v) is 16.2. The molecule has 47 heavy (non-hydrogen) atoms. The summed E-state index contributed by atoms with van der Waals surface area (Å²) in [4.78, 5) is 10.1. The second-order valence-electron chi connectivity index (χ2n) is 14.8. The van der Waals surface area contributed by atoms with E-state index in [4.69, 9.17) is 24.3 Å². The molecule has 0 saturated carbocycles. The fraction of sp³-hybridized carbons (Fsp3) is 1.00. The van der Waals surface area contributed by atoms with Crippen LogP contribution in [0.2, 0.25) is 0 Å². The van der Waals surface area contributed by atoms with E-state index < -0.39 is 19.5 Å². The Labute approximate surface area is 293 Å². The smallest absolute Gasteiger partial charge is 0.379 e. The van der Waals surface area contributed by atoms with Crippen molar-refractivity contribution in [1.82, 2.24) is 0 Å². The molecule has 0 radical (unpaired) electrons. The van der Waals surface area contributed by atoms with Crippen molar-refractivity contribution in [2.24, 2.45) is 5.73 Å². The monoisotopic (exact) mass is 692 g/mol. The zero-order chi connectivity index (χ0) is 34.7. The van der Waals surface area contributed by atoms with Gasteiger partial charge >= 0.3 is 7.82 Å². The third kappa shape index (κ3) is 38.6. The minimum Gasteiger partial charge on any atom is -0.379 e. The number of unbranched alkanes of at least 4 members (excludes halogenated alkanes) is 26. The van der Waals surface area contributed by atoms with E-state index in [2.05, 4.69) is 13.8 Å². The highest BCUT2D eigenvalue weighted by Crippen LogP contribution is 2.43. The maximum Gasteiger partial charge on any atom is 0.472 e. The van der Waals surface area contributed by atoms with E-state index in [0.717, 1.165) is 19.3 Å². The Morgan fingerprint density at radius 1 is 0.532 bits per heavy atom. The molecule has 0 fully saturated rings. The fourth-order valence-corrected chi connectivity index (χ4v) is 6.69. The summed E-state index contributed by atoms with van der Waals surface area (Å²) in [6.07, 6.45) is 36.6. The van der Waals surface area contributed by atoms with Crippen LogP contribution >= 0.6 is 7.82 Å². The van der Waals surface area contributed by atoms with Crippen LogP contribution in [0.15, 0.2) is 0 Å². The molecule has 7 nitrogen and oxygen atoms in total. The molecule has 0 aliphatic rings. The molecule has 0 heterocycles. The van der Waals surface area contributed by atoms with Crippen LogP contribution in [0.3, 0.4) is 0 Å². The topological polar surface area (TPSA) is 100 Å². The summed E-state index contributed by atoms with van der Waals surface area (Å²) in [5.41, 5.74) is 5.17. The highest BCUT2D eigenvalue weighted by molar-refractivity contribution is 7.47. The molecule has 0 aromatic carbocycles. The molecule has 2 atom stereocenters. The Kier molecular flexibility index (Phi) is 34.4. The predicted octanol–water partition coefficient (Wildman–Crippen LogP) is 12.2. The quantitative estimate of drug-likeness (QED) is 0.0489. The lowest BCUT2D eigenvalue weighted by molar-refractivity contribution is -0.0448. The number of hydrogen-bond donors (Lipinski definition) is 2. The van der Waals surface area contributed by atoms with Gasteiger partial charge in [0.25, 0.3) is 0 Å². The highest BCUT2D eigenvalue weighted by Gasteiger charge is 2.26. The lowest BCUT2D eigenvalue weighted by atomic mass is 10.0. The predicted molar refractivity (Wildman–Crippen MR) is 201 cm³/mol. The first-order valence-electron chi connectivity index (χ1n) is 20.3.